The number of nitrogens with zero attached hydrogens (tertiary/aromatic N) is 3. The Morgan fingerprint density at radius 3 is 2.27 bits per heavy atom. The van der Waals surface area contributed by atoms with Gasteiger partial charge in [0.05, 0.1) is 0 Å². The van der Waals surface area contributed by atoms with Crippen molar-refractivity contribution in [2.75, 3.05) is 36.4 Å². The summed E-state index contributed by atoms with van der Waals surface area (Å²) in [7, 11) is 0. The average molecular weight is 352 g/mol. The van der Waals surface area contributed by atoms with Gasteiger partial charge in [0.25, 0.3) is 0 Å². The fourth-order valence-electron chi connectivity index (χ4n) is 2.96. The maximum Gasteiger partial charge on any atom is 0.313 e. The maximum absolute atomic E-state index is 12.4. The van der Waals surface area contributed by atoms with E-state index < -0.39 is 11.8 Å². The Morgan fingerprint density at radius 2 is 1.69 bits per heavy atom. The predicted octanol–water partition coefficient (Wildman–Crippen LogP) is 2.49. The molecule has 2 amide bonds. The van der Waals surface area contributed by atoms with Crippen LogP contribution in [0.4, 0.5) is 11.5 Å². The summed E-state index contributed by atoms with van der Waals surface area (Å²) in [4.78, 5) is 32.7. The van der Waals surface area contributed by atoms with Crippen LogP contribution < -0.4 is 10.2 Å². The van der Waals surface area contributed by atoms with Crippen molar-refractivity contribution in [3.05, 3.63) is 54.2 Å². The zero-order valence-corrected chi connectivity index (χ0v) is 15.2. The minimum Gasteiger partial charge on any atom is -0.353 e. The van der Waals surface area contributed by atoms with Crippen LogP contribution in [0.3, 0.4) is 0 Å². The molecule has 3 rings (SSSR count). The molecule has 26 heavy (non-hydrogen) atoms. The molecule has 6 heteroatoms. The maximum atomic E-state index is 12.4. The number of piperazine rings is 1. The third-order valence-electron chi connectivity index (χ3n) is 4.57. The summed E-state index contributed by atoms with van der Waals surface area (Å²) in [5, 5.41) is 2.69. The second-order valence-electron chi connectivity index (χ2n) is 6.70. The van der Waals surface area contributed by atoms with Crippen molar-refractivity contribution in [2.24, 2.45) is 0 Å². The molecule has 2 aromatic rings. The van der Waals surface area contributed by atoms with Crippen LogP contribution in [0.2, 0.25) is 0 Å². The lowest BCUT2D eigenvalue weighted by Gasteiger charge is -2.34. The number of aromatic nitrogens is 1. The van der Waals surface area contributed by atoms with Gasteiger partial charge in [0.2, 0.25) is 0 Å². The molecule has 1 N–H and O–H groups in total. The van der Waals surface area contributed by atoms with Gasteiger partial charge in [0, 0.05) is 38.1 Å². The number of pyridine rings is 1. The summed E-state index contributed by atoms with van der Waals surface area (Å²) in [5.41, 5.74) is 1.83. The van der Waals surface area contributed by atoms with Gasteiger partial charge in [-0.2, -0.15) is 0 Å². The van der Waals surface area contributed by atoms with E-state index in [-0.39, 0.29) is 0 Å². The highest BCUT2D eigenvalue weighted by molar-refractivity contribution is 6.39. The lowest BCUT2D eigenvalue weighted by Crippen LogP contribution is -2.51. The number of anilines is 2. The van der Waals surface area contributed by atoms with E-state index in [1.165, 1.54) is 5.56 Å². The third kappa shape index (κ3) is 4.20. The first-order valence-corrected chi connectivity index (χ1v) is 8.91. The first kappa shape index (κ1) is 17.9. The van der Waals surface area contributed by atoms with Gasteiger partial charge in [0.1, 0.15) is 5.82 Å². The highest BCUT2D eigenvalue weighted by Gasteiger charge is 2.26. The summed E-state index contributed by atoms with van der Waals surface area (Å²) >= 11 is 0. The number of carbonyl (C=O) groups excluding carboxylic acids is 2. The molecule has 0 bridgehead atoms. The molecular formula is C20H24N4O2. The standard InChI is InChI=1S/C20H24N4O2/c1-15(2)16-6-8-17(9-7-16)22-19(25)20(26)24-13-11-23(12-14-24)18-5-3-4-10-21-18/h3-10,15H,11-14H2,1-2H3,(H,22,25). The second-order valence-corrected chi connectivity index (χ2v) is 6.70. The topological polar surface area (TPSA) is 65.5 Å². The van der Waals surface area contributed by atoms with Crippen LogP contribution >= 0.6 is 0 Å². The van der Waals surface area contributed by atoms with Crippen LogP contribution in [0.15, 0.2) is 48.7 Å². The van der Waals surface area contributed by atoms with E-state index in [1.807, 2.05) is 42.5 Å². The van der Waals surface area contributed by atoms with E-state index in [4.69, 9.17) is 0 Å². The third-order valence-corrected chi connectivity index (χ3v) is 4.57. The molecule has 0 atom stereocenters. The molecule has 136 valence electrons. The predicted molar refractivity (Wildman–Crippen MR) is 102 cm³/mol. The minimum absolute atomic E-state index is 0.428. The number of hydrogen-bond acceptors (Lipinski definition) is 4. The molecule has 6 nitrogen and oxygen atoms in total. The summed E-state index contributed by atoms with van der Waals surface area (Å²) in [6.45, 7) is 6.58. The normalized spacial score (nSPS) is 14.4. The number of rotatable bonds is 3. The smallest absolute Gasteiger partial charge is 0.313 e. The van der Waals surface area contributed by atoms with Crippen LogP contribution in [0.5, 0.6) is 0 Å². The van der Waals surface area contributed by atoms with Gasteiger partial charge in [0.15, 0.2) is 0 Å². The number of hydrogen-bond donors (Lipinski definition) is 1. The minimum atomic E-state index is -0.589. The Morgan fingerprint density at radius 1 is 1.00 bits per heavy atom. The Balaban J connectivity index is 1.54. The largest absolute Gasteiger partial charge is 0.353 e. The average Bonchev–Trinajstić information content (AvgIpc) is 2.68. The van der Waals surface area contributed by atoms with Crippen LogP contribution in [0, 0.1) is 0 Å². The molecule has 1 aromatic carbocycles. The molecule has 0 spiro atoms. The molecule has 1 aliphatic rings. The van der Waals surface area contributed by atoms with Gasteiger partial charge in [-0.25, -0.2) is 4.98 Å². The van der Waals surface area contributed by atoms with E-state index >= 15 is 0 Å². The monoisotopic (exact) mass is 352 g/mol. The molecule has 0 unspecified atom stereocenters. The van der Waals surface area contributed by atoms with Crippen molar-refractivity contribution in [3.63, 3.8) is 0 Å². The van der Waals surface area contributed by atoms with Crippen molar-refractivity contribution in [3.8, 4) is 0 Å². The van der Waals surface area contributed by atoms with E-state index in [0.29, 0.717) is 37.8 Å². The fourth-order valence-corrected chi connectivity index (χ4v) is 2.96. The second kappa shape index (κ2) is 7.99. The van der Waals surface area contributed by atoms with Gasteiger partial charge < -0.3 is 15.1 Å². The highest BCUT2D eigenvalue weighted by atomic mass is 16.2. The number of amides is 2. The lowest BCUT2D eigenvalue weighted by atomic mass is 10.0. The summed E-state index contributed by atoms with van der Waals surface area (Å²) in [6.07, 6.45) is 1.75. The van der Waals surface area contributed by atoms with Crippen LogP contribution in [-0.4, -0.2) is 47.9 Å². The molecule has 2 heterocycles. The summed E-state index contributed by atoms with van der Waals surface area (Å²) in [5.74, 6) is 0.248. The lowest BCUT2D eigenvalue weighted by molar-refractivity contribution is -0.143. The SMILES string of the molecule is CC(C)c1ccc(NC(=O)C(=O)N2CCN(c3ccccn3)CC2)cc1. The van der Waals surface area contributed by atoms with E-state index in [2.05, 4.69) is 29.0 Å². The Hall–Kier alpha value is -2.89. The molecule has 1 saturated heterocycles. The van der Waals surface area contributed by atoms with Crippen LogP contribution in [-0.2, 0) is 9.59 Å². The van der Waals surface area contributed by atoms with Gasteiger partial charge in [-0.05, 0) is 35.7 Å². The molecular weight excluding hydrogens is 328 g/mol. The van der Waals surface area contributed by atoms with E-state index in [9.17, 15) is 9.59 Å². The van der Waals surface area contributed by atoms with Gasteiger partial charge in [-0.3, -0.25) is 9.59 Å². The zero-order valence-electron chi connectivity index (χ0n) is 15.2. The fraction of sp³-hybridized carbons (Fsp3) is 0.350. The van der Waals surface area contributed by atoms with Crippen molar-refractivity contribution in [1.29, 1.82) is 0 Å². The van der Waals surface area contributed by atoms with Gasteiger partial charge in [-0.15, -0.1) is 0 Å². The van der Waals surface area contributed by atoms with E-state index in [1.54, 1.807) is 11.1 Å². The first-order chi connectivity index (χ1) is 12.5. The van der Waals surface area contributed by atoms with Crippen molar-refractivity contribution < 1.29 is 9.59 Å². The molecule has 0 saturated carbocycles. The Labute approximate surface area is 153 Å². The van der Waals surface area contributed by atoms with Crippen molar-refractivity contribution >= 4 is 23.3 Å². The molecule has 1 aliphatic heterocycles. The number of carbonyl (C=O) groups is 2. The molecule has 1 fully saturated rings. The van der Waals surface area contributed by atoms with Crippen molar-refractivity contribution in [2.45, 2.75) is 19.8 Å². The molecule has 1 aromatic heterocycles. The highest BCUT2D eigenvalue weighted by Crippen LogP contribution is 2.17. The zero-order chi connectivity index (χ0) is 18.5. The van der Waals surface area contributed by atoms with Crippen LogP contribution in [0.1, 0.15) is 25.3 Å². The van der Waals surface area contributed by atoms with E-state index in [0.717, 1.165) is 5.82 Å². The number of nitrogens with one attached hydrogen (secondary N) is 1. The number of benzene rings is 1. The van der Waals surface area contributed by atoms with Crippen molar-refractivity contribution in [1.82, 2.24) is 9.88 Å². The first-order valence-electron chi connectivity index (χ1n) is 8.91. The summed E-state index contributed by atoms with van der Waals surface area (Å²) < 4.78 is 0. The Kier molecular flexibility index (Phi) is 5.51. The Bertz CT molecular complexity index is 751. The van der Waals surface area contributed by atoms with Gasteiger partial charge in [-0.1, -0.05) is 32.0 Å². The van der Waals surface area contributed by atoms with Gasteiger partial charge >= 0.3 is 11.8 Å². The molecule has 0 radical (unpaired) electrons. The quantitative estimate of drug-likeness (QED) is 0.862. The van der Waals surface area contributed by atoms with Crippen LogP contribution in [0.25, 0.3) is 0 Å². The summed E-state index contributed by atoms with van der Waals surface area (Å²) in [6, 6.07) is 13.4. The molecule has 0 aliphatic carbocycles.